The first-order valence-corrected chi connectivity index (χ1v) is 7.10. The van der Waals surface area contributed by atoms with Gasteiger partial charge in [-0.3, -0.25) is 9.59 Å². The number of carbonyl (C=O) groups is 2. The summed E-state index contributed by atoms with van der Waals surface area (Å²) in [6.45, 7) is 0.426. The Bertz CT molecular complexity index is 641. The second kappa shape index (κ2) is 6.38. The van der Waals surface area contributed by atoms with Crippen molar-refractivity contribution in [2.24, 2.45) is 7.05 Å². The molecule has 1 aromatic carbocycles. The van der Waals surface area contributed by atoms with Gasteiger partial charge in [-0.15, -0.1) is 16.9 Å². The number of hydrogen-bond donors (Lipinski definition) is 2. The summed E-state index contributed by atoms with van der Waals surface area (Å²) in [5, 5.41) is 19.0. The number of carbonyl (C=O) groups excluding carboxylic acids is 1. The highest BCUT2D eigenvalue weighted by molar-refractivity contribution is 7.99. The Balaban J connectivity index is 1.89. The number of amides is 1. The summed E-state index contributed by atoms with van der Waals surface area (Å²) in [4.78, 5) is 22.2. The maximum absolute atomic E-state index is 11.9. The van der Waals surface area contributed by atoms with E-state index in [0.29, 0.717) is 23.4 Å². The van der Waals surface area contributed by atoms with Gasteiger partial charge in [0, 0.05) is 24.9 Å². The van der Waals surface area contributed by atoms with Crippen LogP contribution in [0.5, 0.6) is 0 Å². The van der Waals surface area contributed by atoms with Crippen LogP contribution in [0.15, 0.2) is 18.2 Å². The Labute approximate surface area is 119 Å². The average Bonchev–Trinajstić information content (AvgIpc) is 2.79. The number of fused-ring (bicyclic) bond motifs is 1. The van der Waals surface area contributed by atoms with Crippen LogP contribution in [-0.4, -0.2) is 50.0 Å². The summed E-state index contributed by atoms with van der Waals surface area (Å²) in [6.07, 6.45) is 0. The number of benzene rings is 1. The van der Waals surface area contributed by atoms with E-state index in [0.717, 1.165) is 5.52 Å². The van der Waals surface area contributed by atoms with Crippen molar-refractivity contribution in [3.05, 3.63) is 23.8 Å². The fraction of sp³-hybridized carbons (Fsp3) is 0.333. The molecule has 0 aliphatic heterocycles. The van der Waals surface area contributed by atoms with Crippen LogP contribution in [0, 0.1) is 0 Å². The maximum Gasteiger partial charge on any atom is 0.313 e. The molecule has 0 bridgehead atoms. The summed E-state index contributed by atoms with van der Waals surface area (Å²) in [6, 6.07) is 5.19. The monoisotopic (exact) mass is 294 g/mol. The molecule has 2 aromatic rings. The number of nitrogens with zero attached hydrogens (tertiary/aromatic N) is 3. The van der Waals surface area contributed by atoms with Gasteiger partial charge in [-0.05, 0) is 18.2 Å². The lowest BCUT2D eigenvalue weighted by atomic mass is 10.2. The van der Waals surface area contributed by atoms with Gasteiger partial charge < -0.3 is 10.4 Å². The van der Waals surface area contributed by atoms with Crippen LogP contribution in [0.2, 0.25) is 0 Å². The number of hydrogen-bond acceptors (Lipinski definition) is 5. The van der Waals surface area contributed by atoms with Gasteiger partial charge in [-0.1, -0.05) is 5.21 Å². The topological polar surface area (TPSA) is 97.1 Å². The summed E-state index contributed by atoms with van der Waals surface area (Å²) in [7, 11) is 1.79. The van der Waals surface area contributed by atoms with E-state index in [2.05, 4.69) is 15.6 Å². The second-order valence-corrected chi connectivity index (χ2v) is 5.22. The molecule has 1 aromatic heterocycles. The summed E-state index contributed by atoms with van der Waals surface area (Å²) >= 11 is 1.26. The van der Waals surface area contributed by atoms with E-state index in [1.54, 1.807) is 29.9 Å². The molecule has 7 nitrogen and oxygen atoms in total. The number of rotatable bonds is 6. The van der Waals surface area contributed by atoms with Crippen molar-refractivity contribution in [1.29, 1.82) is 0 Å². The summed E-state index contributed by atoms with van der Waals surface area (Å²) in [5.41, 5.74) is 2.04. The van der Waals surface area contributed by atoms with Gasteiger partial charge in [0.05, 0.1) is 11.3 Å². The molecule has 106 valence electrons. The van der Waals surface area contributed by atoms with Crippen molar-refractivity contribution < 1.29 is 14.7 Å². The molecule has 0 fully saturated rings. The highest BCUT2D eigenvalue weighted by atomic mass is 32.2. The Morgan fingerprint density at radius 1 is 1.45 bits per heavy atom. The number of carboxylic acid groups (broad SMARTS) is 1. The van der Waals surface area contributed by atoms with Gasteiger partial charge in [0.2, 0.25) is 0 Å². The van der Waals surface area contributed by atoms with Crippen molar-refractivity contribution in [3.63, 3.8) is 0 Å². The minimum Gasteiger partial charge on any atom is -0.481 e. The molecule has 0 radical (unpaired) electrons. The molecule has 0 aliphatic rings. The van der Waals surface area contributed by atoms with E-state index in [4.69, 9.17) is 5.11 Å². The van der Waals surface area contributed by atoms with E-state index >= 15 is 0 Å². The number of nitrogens with one attached hydrogen (secondary N) is 1. The third kappa shape index (κ3) is 3.47. The van der Waals surface area contributed by atoms with E-state index in [1.807, 2.05) is 0 Å². The van der Waals surface area contributed by atoms with Gasteiger partial charge in [0.15, 0.2) is 0 Å². The molecule has 0 saturated carbocycles. The Kier molecular flexibility index (Phi) is 4.57. The van der Waals surface area contributed by atoms with Gasteiger partial charge in [0.1, 0.15) is 5.52 Å². The van der Waals surface area contributed by atoms with Gasteiger partial charge >= 0.3 is 5.97 Å². The van der Waals surface area contributed by atoms with Crippen LogP contribution >= 0.6 is 11.8 Å². The SMILES string of the molecule is Cn1nnc2cc(C(=O)NCCSCC(=O)O)ccc21. The molecule has 2 N–H and O–H groups in total. The van der Waals surface area contributed by atoms with Gasteiger partial charge in [-0.25, -0.2) is 4.68 Å². The number of carboxylic acids is 1. The minimum atomic E-state index is -0.852. The zero-order valence-electron chi connectivity index (χ0n) is 10.9. The molecule has 1 amide bonds. The second-order valence-electron chi connectivity index (χ2n) is 4.12. The Morgan fingerprint density at radius 2 is 2.25 bits per heavy atom. The summed E-state index contributed by atoms with van der Waals surface area (Å²) < 4.78 is 1.64. The van der Waals surface area contributed by atoms with Crippen molar-refractivity contribution in [1.82, 2.24) is 20.3 Å². The van der Waals surface area contributed by atoms with Crippen LogP contribution < -0.4 is 5.32 Å². The molecule has 0 unspecified atom stereocenters. The van der Waals surface area contributed by atoms with Crippen LogP contribution in [0.1, 0.15) is 10.4 Å². The molecule has 8 heteroatoms. The number of aliphatic carboxylic acids is 1. The Hall–Kier alpha value is -2.09. The van der Waals surface area contributed by atoms with Gasteiger partial charge in [-0.2, -0.15) is 0 Å². The van der Waals surface area contributed by atoms with Crippen molar-refractivity contribution >= 4 is 34.7 Å². The lowest BCUT2D eigenvalue weighted by molar-refractivity contribution is -0.133. The predicted molar refractivity (Wildman–Crippen MR) is 75.8 cm³/mol. The fourth-order valence-corrected chi connectivity index (χ4v) is 2.25. The molecule has 0 aliphatic carbocycles. The van der Waals surface area contributed by atoms with Crippen molar-refractivity contribution in [3.8, 4) is 0 Å². The fourth-order valence-electron chi connectivity index (χ4n) is 1.68. The molecule has 1 heterocycles. The molecule has 0 atom stereocenters. The average molecular weight is 294 g/mol. The lowest BCUT2D eigenvalue weighted by Crippen LogP contribution is -2.26. The van der Waals surface area contributed by atoms with E-state index < -0.39 is 5.97 Å². The van der Waals surface area contributed by atoms with Crippen molar-refractivity contribution in [2.75, 3.05) is 18.1 Å². The van der Waals surface area contributed by atoms with Crippen molar-refractivity contribution in [2.45, 2.75) is 0 Å². The number of aromatic nitrogens is 3. The molecular weight excluding hydrogens is 280 g/mol. The third-order valence-corrected chi connectivity index (χ3v) is 3.57. The smallest absolute Gasteiger partial charge is 0.313 e. The lowest BCUT2D eigenvalue weighted by Gasteiger charge is -2.04. The van der Waals surface area contributed by atoms with Crippen LogP contribution in [0.3, 0.4) is 0 Å². The first-order valence-electron chi connectivity index (χ1n) is 5.95. The first kappa shape index (κ1) is 14.3. The highest BCUT2D eigenvalue weighted by Gasteiger charge is 2.08. The predicted octanol–water partition coefficient (Wildman–Crippen LogP) is 0.516. The van der Waals surface area contributed by atoms with Gasteiger partial charge in [0.25, 0.3) is 5.91 Å². The number of thioether (sulfide) groups is 1. The number of aryl methyl sites for hydroxylation is 1. The molecule has 2 rings (SSSR count). The quantitative estimate of drug-likeness (QED) is 0.754. The molecule has 20 heavy (non-hydrogen) atoms. The standard InChI is InChI=1S/C12H14N4O3S/c1-16-10-3-2-8(6-9(10)14-15-16)12(19)13-4-5-20-7-11(17)18/h2-3,6H,4-5,7H2,1H3,(H,13,19)(H,17,18). The van der Waals surface area contributed by atoms with E-state index in [9.17, 15) is 9.59 Å². The van der Waals surface area contributed by atoms with Crippen LogP contribution in [0.25, 0.3) is 11.0 Å². The van der Waals surface area contributed by atoms with Crippen LogP contribution in [0.4, 0.5) is 0 Å². The van der Waals surface area contributed by atoms with E-state index in [-0.39, 0.29) is 11.7 Å². The normalized spacial score (nSPS) is 10.7. The Morgan fingerprint density at radius 3 is 3.00 bits per heavy atom. The zero-order valence-corrected chi connectivity index (χ0v) is 11.7. The largest absolute Gasteiger partial charge is 0.481 e. The van der Waals surface area contributed by atoms with E-state index in [1.165, 1.54) is 11.8 Å². The molecule has 0 saturated heterocycles. The third-order valence-electron chi connectivity index (χ3n) is 2.63. The van der Waals surface area contributed by atoms with Crippen LogP contribution in [-0.2, 0) is 11.8 Å². The maximum atomic E-state index is 11.9. The zero-order chi connectivity index (χ0) is 14.5. The highest BCUT2D eigenvalue weighted by Crippen LogP contribution is 2.12. The molecule has 0 spiro atoms. The summed E-state index contributed by atoms with van der Waals surface area (Å²) in [5.74, 6) is -0.449. The minimum absolute atomic E-state index is 0.0431. The molecular formula is C12H14N4O3S. The first-order chi connectivity index (χ1) is 9.58.